The molecule has 0 unspecified atom stereocenters. The number of nitrogen functional groups attached to an aromatic ring is 1. The Kier molecular flexibility index (Phi) is 4.70. The van der Waals surface area contributed by atoms with Crippen LogP contribution in [-0.2, 0) is 17.9 Å². The number of hydrogen-bond donors (Lipinski definition) is 1. The number of nitrogens with zero attached hydrogens (tertiary/aromatic N) is 4. The molecule has 0 aliphatic heterocycles. The second-order valence-corrected chi connectivity index (χ2v) is 4.35. The van der Waals surface area contributed by atoms with Crippen molar-refractivity contribution in [3.8, 4) is 5.75 Å². The first-order valence-corrected chi connectivity index (χ1v) is 6.51. The van der Waals surface area contributed by atoms with E-state index in [9.17, 15) is 4.79 Å². The molecule has 112 valence electrons. The third-order valence-corrected chi connectivity index (χ3v) is 2.84. The van der Waals surface area contributed by atoms with Crippen molar-refractivity contribution in [2.75, 3.05) is 12.8 Å². The molecule has 0 saturated heterocycles. The zero-order chi connectivity index (χ0) is 15.2. The molecule has 2 aromatic rings. The van der Waals surface area contributed by atoms with E-state index in [-0.39, 0.29) is 6.61 Å². The Labute approximate surface area is 121 Å². The number of nitrogens with two attached hydrogens (primary N) is 1. The minimum Gasteiger partial charge on any atom is -0.495 e. The lowest BCUT2D eigenvalue weighted by atomic mass is 10.2. The summed E-state index contributed by atoms with van der Waals surface area (Å²) in [6, 6.07) is 4.72. The number of anilines is 1. The maximum Gasteiger partial charge on any atom is 0.338 e. The highest BCUT2D eigenvalue weighted by atomic mass is 16.5. The number of carbonyl (C=O) groups excluding carboxylic acids is 1. The van der Waals surface area contributed by atoms with Crippen LogP contribution in [0.15, 0.2) is 18.2 Å². The molecule has 2 rings (SSSR count). The van der Waals surface area contributed by atoms with Crippen LogP contribution >= 0.6 is 0 Å². The fourth-order valence-electron chi connectivity index (χ4n) is 1.79. The molecule has 0 saturated carbocycles. The predicted molar refractivity (Wildman–Crippen MR) is 74.6 cm³/mol. The summed E-state index contributed by atoms with van der Waals surface area (Å²) in [6.45, 7) is 2.70. The van der Waals surface area contributed by atoms with Crippen LogP contribution in [0.3, 0.4) is 0 Å². The molecule has 0 radical (unpaired) electrons. The van der Waals surface area contributed by atoms with Gasteiger partial charge >= 0.3 is 5.97 Å². The number of rotatable bonds is 6. The molecule has 1 aromatic carbocycles. The van der Waals surface area contributed by atoms with E-state index in [1.54, 1.807) is 16.8 Å². The molecule has 0 bridgehead atoms. The standard InChI is InChI=1S/C13H17N5O3/c1-3-6-18-12(15-16-17-18)8-21-13(19)9-4-5-11(20-2)10(14)7-9/h4-5,7H,3,6,8,14H2,1-2H3. The third kappa shape index (κ3) is 3.47. The summed E-state index contributed by atoms with van der Waals surface area (Å²) < 4.78 is 11.8. The summed E-state index contributed by atoms with van der Waals surface area (Å²) in [6.07, 6.45) is 0.890. The van der Waals surface area contributed by atoms with E-state index < -0.39 is 5.97 Å². The second kappa shape index (κ2) is 6.69. The molecule has 8 heteroatoms. The highest BCUT2D eigenvalue weighted by molar-refractivity contribution is 5.91. The number of hydrogen-bond acceptors (Lipinski definition) is 7. The molecule has 2 N–H and O–H groups in total. The summed E-state index contributed by atoms with van der Waals surface area (Å²) in [7, 11) is 1.51. The number of methoxy groups -OCH3 is 1. The van der Waals surface area contributed by atoms with Crippen LogP contribution in [0.25, 0.3) is 0 Å². The van der Waals surface area contributed by atoms with Crippen LogP contribution in [0.1, 0.15) is 29.5 Å². The molecule has 0 spiro atoms. The molecule has 0 atom stereocenters. The van der Waals surface area contributed by atoms with Crippen LogP contribution in [-0.4, -0.2) is 33.3 Å². The van der Waals surface area contributed by atoms with Gasteiger partial charge in [-0.3, -0.25) is 0 Å². The maximum absolute atomic E-state index is 12.0. The fraction of sp³-hybridized carbons (Fsp3) is 0.385. The van der Waals surface area contributed by atoms with Gasteiger partial charge in [0.25, 0.3) is 0 Å². The first kappa shape index (κ1) is 14.8. The second-order valence-electron chi connectivity index (χ2n) is 4.35. The molecule has 0 fully saturated rings. The van der Waals surface area contributed by atoms with Crippen molar-refractivity contribution in [1.82, 2.24) is 20.2 Å². The van der Waals surface area contributed by atoms with Gasteiger partial charge < -0.3 is 15.2 Å². The van der Waals surface area contributed by atoms with Gasteiger partial charge in [-0.25, -0.2) is 9.48 Å². The molecule has 0 amide bonds. The van der Waals surface area contributed by atoms with E-state index in [4.69, 9.17) is 15.2 Å². The summed E-state index contributed by atoms with van der Waals surface area (Å²) in [5, 5.41) is 11.2. The van der Waals surface area contributed by atoms with Crippen molar-refractivity contribution in [1.29, 1.82) is 0 Å². The number of carbonyl (C=O) groups is 1. The Morgan fingerprint density at radius 1 is 1.43 bits per heavy atom. The number of ether oxygens (including phenoxy) is 2. The van der Waals surface area contributed by atoms with Crippen molar-refractivity contribution >= 4 is 11.7 Å². The first-order chi connectivity index (χ1) is 10.2. The van der Waals surface area contributed by atoms with Crippen molar-refractivity contribution in [3.63, 3.8) is 0 Å². The number of esters is 1. The van der Waals surface area contributed by atoms with Crippen LogP contribution < -0.4 is 10.5 Å². The zero-order valence-corrected chi connectivity index (χ0v) is 11.9. The van der Waals surface area contributed by atoms with Gasteiger partial charge in [0.2, 0.25) is 0 Å². The van der Waals surface area contributed by atoms with Gasteiger partial charge in [0.05, 0.1) is 18.4 Å². The summed E-state index contributed by atoms with van der Waals surface area (Å²) in [4.78, 5) is 12.0. The van der Waals surface area contributed by atoms with Crippen molar-refractivity contribution in [3.05, 3.63) is 29.6 Å². The number of aromatic nitrogens is 4. The van der Waals surface area contributed by atoms with Crippen molar-refractivity contribution in [2.45, 2.75) is 26.5 Å². The van der Waals surface area contributed by atoms with Crippen LogP contribution in [0, 0.1) is 0 Å². The molecular weight excluding hydrogens is 274 g/mol. The first-order valence-electron chi connectivity index (χ1n) is 6.51. The van der Waals surface area contributed by atoms with Crippen molar-refractivity contribution in [2.24, 2.45) is 0 Å². The maximum atomic E-state index is 12.0. The van der Waals surface area contributed by atoms with E-state index in [1.807, 2.05) is 6.92 Å². The molecule has 21 heavy (non-hydrogen) atoms. The Bertz CT molecular complexity index is 626. The lowest BCUT2D eigenvalue weighted by molar-refractivity contribution is 0.0456. The Morgan fingerprint density at radius 3 is 2.90 bits per heavy atom. The summed E-state index contributed by atoms with van der Waals surface area (Å²) in [5.41, 5.74) is 6.48. The van der Waals surface area contributed by atoms with Gasteiger partial charge in [-0.2, -0.15) is 0 Å². The predicted octanol–water partition coefficient (Wildman–Crippen LogP) is 1.03. The zero-order valence-electron chi connectivity index (χ0n) is 11.9. The minimum absolute atomic E-state index is 0.0117. The van der Waals surface area contributed by atoms with Gasteiger partial charge in [0.1, 0.15) is 5.75 Å². The summed E-state index contributed by atoms with van der Waals surface area (Å²) >= 11 is 0. The molecule has 8 nitrogen and oxygen atoms in total. The van der Waals surface area contributed by atoms with E-state index in [2.05, 4.69) is 15.5 Å². The number of tetrazole rings is 1. The normalized spacial score (nSPS) is 10.4. The van der Waals surface area contributed by atoms with Gasteiger partial charge in [-0.05, 0) is 35.0 Å². The van der Waals surface area contributed by atoms with E-state index in [0.717, 1.165) is 6.42 Å². The van der Waals surface area contributed by atoms with Gasteiger partial charge in [-0.1, -0.05) is 6.92 Å². The molecule has 1 aromatic heterocycles. The molecule has 0 aliphatic carbocycles. The van der Waals surface area contributed by atoms with E-state index in [0.29, 0.717) is 29.4 Å². The lowest BCUT2D eigenvalue weighted by Crippen LogP contribution is -2.11. The Balaban J connectivity index is 2.01. The Morgan fingerprint density at radius 2 is 2.24 bits per heavy atom. The lowest BCUT2D eigenvalue weighted by Gasteiger charge is -2.08. The van der Waals surface area contributed by atoms with Gasteiger partial charge in [0, 0.05) is 6.54 Å². The minimum atomic E-state index is -0.490. The average Bonchev–Trinajstić information content (AvgIpc) is 2.92. The molecule has 0 aliphatic rings. The van der Waals surface area contributed by atoms with E-state index in [1.165, 1.54) is 13.2 Å². The topological polar surface area (TPSA) is 105 Å². The van der Waals surface area contributed by atoms with Gasteiger partial charge in [-0.15, -0.1) is 5.10 Å². The van der Waals surface area contributed by atoms with Gasteiger partial charge in [0.15, 0.2) is 12.4 Å². The fourth-order valence-corrected chi connectivity index (χ4v) is 1.79. The van der Waals surface area contributed by atoms with Crippen LogP contribution in [0.4, 0.5) is 5.69 Å². The van der Waals surface area contributed by atoms with Crippen LogP contribution in [0.2, 0.25) is 0 Å². The van der Waals surface area contributed by atoms with E-state index >= 15 is 0 Å². The summed E-state index contributed by atoms with van der Waals surface area (Å²) in [5.74, 6) is 0.528. The third-order valence-electron chi connectivity index (χ3n) is 2.84. The highest BCUT2D eigenvalue weighted by Crippen LogP contribution is 2.22. The monoisotopic (exact) mass is 291 g/mol. The number of aryl methyl sites for hydroxylation is 1. The number of benzene rings is 1. The molecule has 1 heterocycles. The SMILES string of the molecule is CCCn1nnnc1COC(=O)c1ccc(OC)c(N)c1. The van der Waals surface area contributed by atoms with Crippen molar-refractivity contribution < 1.29 is 14.3 Å². The molecular formula is C13H17N5O3. The largest absolute Gasteiger partial charge is 0.495 e. The Hall–Kier alpha value is -2.64. The highest BCUT2D eigenvalue weighted by Gasteiger charge is 2.12. The average molecular weight is 291 g/mol. The quantitative estimate of drug-likeness (QED) is 0.626. The van der Waals surface area contributed by atoms with Crippen LogP contribution in [0.5, 0.6) is 5.75 Å². The smallest absolute Gasteiger partial charge is 0.338 e.